The van der Waals surface area contributed by atoms with Crippen LogP contribution in [0, 0.1) is 0 Å². The summed E-state index contributed by atoms with van der Waals surface area (Å²) in [5.41, 5.74) is 0.942. The molecule has 1 heterocycles. The summed E-state index contributed by atoms with van der Waals surface area (Å²) in [6.07, 6.45) is 2.81. The van der Waals surface area contributed by atoms with Gasteiger partial charge in [-0.15, -0.1) is 0 Å². The van der Waals surface area contributed by atoms with E-state index in [9.17, 15) is 9.59 Å². The number of carbonyl (C=O) groups excluding carboxylic acids is 2. The lowest BCUT2D eigenvalue weighted by atomic mass is 10.1. The predicted molar refractivity (Wildman–Crippen MR) is 84.8 cm³/mol. The Morgan fingerprint density at radius 3 is 2.35 bits per heavy atom. The second-order valence-corrected chi connectivity index (χ2v) is 4.90. The normalized spacial score (nSPS) is 11.4. The molecule has 0 saturated carbocycles. The number of hydrogen-bond acceptors (Lipinski definition) is 5. The molecule has 1 atom stereocenters. The van der Waals surface area contributed by atoms with Crippen molar-refractivity contribution in [2.24, 2.45) is 0 Å². The first-order valence-electron chi connectivity index (χ1n) is 7.02. The zero-order valence-corrected chi connectivity index (χ0v) is 13.2. The number of anilines is 1. The van der Waals surface area contributed by atoms with E-state index in [4.69, 9.17) is 4.74 Å². The van der Waals surface area contributed by atoms with E-state index in [-0.39, 0.29) is 12.0 Å². The van der Waals surface area contributed by atoms with Crippen molar-refractivity contribution >= 4 is 17.8 Å². The quantitative estimate of drug-likeness (QED) is 0.867. The molecule has 7 heteroatoms. The van der Waals surface area contributed by atoms with Gasteiger partial charge in [0.2, 0.25) is 5.95 Å². The zero-order valence-electron chi connectivity index (χ0n) is 13.2. The smallest absolute Gasteiger partial charge is 0.316 e. The van der Waals surface area contributed by atoms with E-state index < -0.39 is 11.8 Å². The number of hydrogen-bond donors (Lipinski definition) is 1. The van der Waals surface area contributed by atoms with Crippen molar-refractivity contribution < 1.29 is 14.3 Å². The summed E-state index contributed by atoms with van der Waals surface area (Å²) in [6, 6.07) is 9.24. The van der Waals surface area contributed by atoms with Crippen LogP contribution in [0.3, 0.4) is 0 Å². The average molecular weight is 314 g/mol. The molecule has 0 aliphatic heterocycles. The van der Waals surface area contributed by atoms with Gasteiger partial charge in [0.05, 0.1) is 25.5 Å². The van der Waals surface area contributed by atoms with E-state index in [0.717, 1.165) is 5.56 Å². The van der Waals surface area contributed by atoms with Crippen molar-refractivity contribution in [3.8, 4) is 5.75 Å². The molecule has 0 aliphatic rings. The second-order valence-electron chi connectivity index (χ2n) is 4.90. The van der Waals surface area contributed by atoms with Crippen LogP contribution >= 0.6 is 0 Å². The van der Waals surface area contributed by atoms with Crippen LogP contribution in [-0.4, -0.2) is 40.8 Å². The van der Waals surface area contributed by atoms with E-state index >= 15 is 0 Å². The maximum absolute atomic E-state index is 12.2. The molecule has 0 radical (unpaired) electrons. The van der Waals surface area contributed by atoms with Crippen molar-refractivity contribution in [2.75, 3.05) is 19.5 Å². The maximum Gasteiger partial charge on any atom is 0.316 e. The van der Waals surface area contributed by atoms with Crippen LogP contribution in [0.25, 0.3) is 0 Å². The highest BCUT2D eigenvalue weighted by Crippen LogP contribution is 2.18. The molecule has 2 rings (SSSR count). The Kier molecular flexibility index (Phi) is 5.24. The Hall–Kier alpha value is -2.96. The van der Waals surface area contributed by atoms with Gasteiger partial charge in [0.25, 0.3) is 0 Å². The first-order chi connectivity index (χ1) is 11.0. The third-order valence-electron chi connectivity index (χ3n) is 3.47. The summed E-state index contributed by atoms with van der Waals surface area (Å²) in [5, 5.41) is 2.37. The minimum absolute atomic E-state index is 0.0462. The van der Waals surface area contributed by atoms with E-state index in [1.54, 1.807) is 7.05 Å². The number of ether oxygens (including phenoxy) is 1. The van der Waals surface area contributed by atoms with Gasteiger partial charge < -0.3 is 9.64 Å². The molecule has 0 saturated heterocycles. The summed E-state index contributed by atoms with van der Waals surface area (Å²) in [7, 11) is 3.06. The summed E-state index contributed by atoms with van der Waals surface area (Å²) >= 11 is 0. The average Bonchev–Trinajstić information content (AvgIpc) is 2.61. The zero-order chi connectivity index (χ0) is 16.8. The molecule has 120 valence electrons. The van der Waals surface area contributed by atoms with Gasteiger partial charge in [-0.2, -0.15) is 0 Å². The molecule has 0 bridgehead atoms. The number of likely N-dealkylation sites (N-methyl/N-ethyl adjacent to an activating group) is 1. The van der Waals surface area contributed by atoms with Crippen LogP contribution in [-0.2, 0) is 9.59 Å². The number of methoxy groups -OCH3 is 1. The molecule has 1 unspecified atom stereocenters. The highest BCUT2D eigenvalue weighted by Gasteiger charge is 2.24. The van der Waals surface area contributed by atoms with Crippen LogP contribution in [0.15, 0.2) is 42.7 Å². The molecule has 1 N–H and O–H groups in total. The molecule has 1 aromatic heterocycles. The van der Waals surface area contributed by atoms with Gasteiger partial charge in [0, 0.05) is 7.05 Å². The number of nitrogens with one attached hydrogen (secondary N) is 1. The molecule has 7 nitrogen and oxygen atoms in total. The van der Waals surface area contributed by atoms with Gasteiger partial charge in [-0.3, -0.25) is 14.9 Å². The van der Waals surface area contributed by atoms with Crippen molar-refractivity contribution in [2.45, 2.75) is 13.0 Å². The van der Waals surface area contributed by atoms with Crippen LogP contribution in [0.5, 0.6) is 5.75 Å². The van der Waals surface area contributed by atoms with Gasteiger partial charge in [-0.25, -0.2) is 9.97 Å². The topological polar surface area (TPSA) is 84.4 Å². The Balaban J connectivity index is 2.02. The monoisotopic (exact) mass is 314 g/mol. The first kappa shape index (κ1) is 16.4. The minimum atomic E-state index is -0.791. The SMILES string of the molecule is COc1cnc(NC(=O)C(=O)N(C)C(C)c2ccccc2)nc1. The highest BCUT2D eigenvalue weighted by molar-refractivity contribution is 6.39. The molecular weight excluding hydrogens is 296 g/mol. The number of aromatic nitrogens is 2. The molecule has 1 aromatic carbocycles. The molecule has 23 heavy (non-hydrogen) atoms. The molecule has 2 aromatic rings. The fourth-order valence-corrected chi connectivity index (χ4v) is 1.93. The fourth-order valence-electron chi connectivity index (χ4n) is 1.93. The Labute approximate surface area is 134 Å². The molecule has 0 fully saturated rings. The summed E-state index contributed by atoms with van der Waals surface area (Å²) in [4.78, 5) is 33.4. The van der Waals surface area contributed by atoms with Gasteiger partial charge >= 0.3 is 11.8 Å². The molecular formula is C16H18N4O3. The van der Waals surface area contributed by atoms with E-state index in [1.165, 1.54) is 24.4 Å². The van der Waals surface area contributed by atoms with E-state index in [0.29, 0.717) is 5.75 Å². The van der Waals surface area contributed by atoms with Crippen LogP contribution in [0.4, 0.5) is 5.95 Å². The van der Waals surface area contributed by atoms with Gasteiger partial charge in [0.15, 0.2) is 5.75 Å². The predicted octanol–water partition coefficient (Wildman–Crippen LogP) is 1.64. The number of benzene rings is 1. The Bertz CT molecular complexity index is 673. The lowest BCUT2D eigenvalue weighted by Crippen LogP contribution is -2.38. The standard InChI is InChI=1S/C16H18N4O3/c1-11(12-7-5-4-6-8-12)20(2)15(22)14(21)19-16-17-9-13(23-3)10-18-16/h4-11H,1-3H3,(H,17,18,19,21). The van der Waals surface area contributed by atoms with Crippen LogP contribution in [0.1, 0.15) is 18.5 Å². The molecule has 0 aliphatic carbocycles. The third kappa shape index (κ3) is 4.03. The first-order valence-corrected chi connectivity index (χ1v) is 7.02. The van der Waals surface area contributed by atoms with E-state index in [2.05, 4.69) is 15.3 Å². The third-order valence-corrected chi connectivity index (χ3v) is 3.47. The van der Waals surface area contributed by atoms with Crippen LogP contribution in [0.2, 0.25) is 0 Å². The van der Waals surface area contributed by atoms with Crippen molar-refractivity contribution in [1.82, 2.24) is 14.9 Å². The van der Waals surface area contributed by atoms with E-state index in [1.807, 2.05) is 37.3 Å². The van der Waals surface area contributed by atoms with Gasteiger partial charge in [-0.05, 0) is 12.5 Å². The number of rotatable bonds is 4. The Morgan fingerprint density at radius 1 is 1.17 bits per heavy atom. The maximum atomic E-state index is 12.2. The lowest BCUT2D eigenvalue weighted by Gasteiger charge is -2.24. The highest BCUT2D eigenvalue weighted by atomic mass is 16.5. The molecule has 2 amide bonds. The van der Waals surface area contributed by atoms with Gasteiger partial charge in [0.1, 0.15) is 0 Å². The molecule has 0 spiro atoms. The number of carbonyl (C=O) groups is 2. The number of nitrogens with zero attached hydrogens (tertiary/aromatic N) is 3. The summed E-state index contributed by atoms with van der Waals surface area (Å²) < 4.78 is 4.93. The second kappa shape index (κ2) is 7.35. The minimum Gasteiger partial charge on any atom is -0.494 e. The largest absolute Gasteiger partial charge is 0.494 e. The number of amides is 2. The van der Waals surface area contributed by atoms with Crippen molar-refractivity contribution in [1.29, 1.82) is 0 Å². The lowest BCUT2D eigenvalue weighted by molar-refractivity contribution is -0.143. The Morgan fingerprint density at radius 2 is 1.78 bits per heavy atom. The van der Waals surface area contributed by atoms with Gasteiger partial charge in [-0.1, -0.05) is 30.3 Å². The summed E-state index contributed by atoms with van der Waals surface area (Å²) in [5.74, 6) is -0.949. The van der Waals surface area contributed by atoms with Crippen molar-refractivity contribution in [3.05, 3.63) is 48.3 Å². The van der Waals surface area contributed by atoms with Crippen LogP contribution < -0.4 is 10.1 Å². The fraction of sp³-hybridized carbons (Fsp3) is 0.250. The summed E-state index contributed by atoms with van der Waals surface area (Å²) in [6.45, 7) is 1.85. The van der Waals surface area contributed by atoms with Crippen molar-refractivity contribution in [3.63, 3.8) is 0 Å².